The number of aromatic amines is 1. The SMILES string of the molecule is CN(C)c1cccc(C(=O)N2CCN(C(=O)c3cc4cc(Br)ccc4[nH]3)CC2)c1. The number of anilines is 1. The number of carbonyl (C=O) groups excluding carboxylic acids is 2. The number of rotatable bonds is 3. The van der Waals surface area contributed by atoms with Gasteiger partial charge in [0.1, 0.15) is 5.69 Å². The molecule has 0 spiro atoms. The number of nitrogens with one attached hydrogen (secondary N) is 1. The Kier molecular flexibility index (Phi) is 5.32. The maximum Gasteiger partial charge on any atom is 0.270 e. The van der Waals surface area contributed by atoms with Crippen molar-refractivity contribution in [2.45, 2.75) is 0 Å². The summed E-state index contributed by atoms with van der Waals surface area (Å²) in [6, 6.07) is 15.4. The van der Waals surface area contributed by atoms with Crippen LogP contribution >= 0.6 is 15.9 Å². The van der Waals surface area contributed by atoms with Crippen molar-refractivity contribution in [2.24, 2.45) is 0 Å². The lowest BCUT2D eigenvalue weighted by Crippen LogP contribution is -2.50. The van der Waals surface area contributed by atoms with E-state index in [0.29, 0.717) is 37.4 Å². The molecule has 1 aromatic heterocycles. The Morgan fingerprint density at radius 2 is 1.62 bits per heavy atom. The fourth-order valence-electron chi connectivity index (χ4n) is 3.60. The molecule has 2 aromatic carbocycles. The van der Waals surface area contributed by atoms with E-state index in [4.69, 9.17) is 0 Å². The third-order valence-electron chi connectivity index (χ3n) is 5.28. The van der Waals surface area contributed by atoms with Gasteiger partial charge in [-0.15, -0.1) is 0 Å². The second-order valence-electron chi connectivity index (χ2n) is 7.44. The lowest BCUT2D eigenvalue weighted by atomic mass is 10.1. The van der Waals surface area contributed by atoms with E-state index in [1.165, 1.54) is 0 Å². The maximum atomic E-state index is 12.9. The van der Waals surface area contributed by atoms with Crippen LogP contribution in [0.2, 0.25) is 0 Å². The number of hydrogen-bond acceptors (Lipinski definition) is 3. The Labute approximate surface area is 178 Å². The normalized spacial score (nSPS) is 14.3. The van der Waals surface area contributed by atoms with Gasteiger partial charge in [-0.1, -0.05) is 22.0 Å². The number of hydrogen-bond donors (Lipinski definition) is 1. The Morgan fingerprint density at radius 1 is 0.931 bits per heavy atom. The summed E-state index contributed by atoms with van der Waals surface area (Å²) in [5.41, 5.74) is 3.19. The molecule has 0 bridgehead atoms. The molecule has 7 heteroatoms. The fraction of sp³-hybridized carbons (Fsp3) is 0.273. The molecule has 1 aliphatic heterocycles. The van der Waals surface area contributed by atoms with Crippen molar-refractivity contribution in [3.05, 3.63) is 64.3 Å². The Balaban J connectivity index is 1.42. The third-order valence-corrected chi connectivity index (χ3v) is 5.77. The van der Waals surface area contributed by atoms with E-state index < -0.39 is 0 Å². The van der Waals surface area contributed by atoms with Crippen LogP contribution < -0.4 is 4.90 Å². The summed E-state index contributed by atoms with van der Waals surface area (Å²) in [7, 11) is 3.91. The molecular formula is C22H23BrN4O2. The fourth-order valence-corrected chi connectivity index (χ4v) is 3.98. The second kappa shape index (κ2) is 7.91. The number of halogens is 1. The number of benzene rings is 2. The van der Waals surface area contributed by atoms with Crippen LogP contribution in [-0.4, -0.2) is 66.9 Å². The highest BCUT2D eigenvalue weighted by Crippen LogP contribution is 2.22. The van der Waals surface area contributed by atoms with Gasteiger partial charge < -0.3 is 19.7 Å². The zero-order valence-corrected chi connectivity index (χ0v) is 18.1. The first-order chi connectivity index (χ1) is 13.9. The van der Waals surface area contributed by atoms with Crippen LogP contribution in [0.5, 0.6) is 0 Å². The van der Waals surface area contributed by atoms with Gasteiger partial charge in [-0.3, -0.25) is 9.59 Å². The number of H-pyrrole nitrogens is 1. The van der Waals surface area contributed by atoms with E-state index in [1.54, 1.807) is 4.90 Å². The van der Waals surface area contributed by atoms with Gasteiger partial charge in [-0.05, 0) is 42.5 Å². The van der Waals surface area contributed by atoms with Gasteiger partial charge in [0, 0.05) is 66.9 Å². The van der Waals surface area contributed by atoms with E-state index in [0.717, 1.165) is 21.1 Å². The lowest BCUT2D eigenvalue weighted by Gasteiger charge is -2.34. The van der Waals surface area contributed by atoms with Gasteiger partial charge in [0.15, 0.2) is 0 Å². The molecule has 2 amide bonds. The van der Waals surface area contributed by atoms with Crippen LogP contribution in [0.25, 0.3) is 10.9 Å². The lowest BCUT2D eigenvalue weighted by molar-refractivity contribution is 0.0533. The minimum atomic E-state index is -0.0287. The Bertz CT molecular complexity index is 1070. The van der Waals surface area contributed by atoms with Gasteiger partial charge in [-0.25, -0.2) is 0 Å². The summed E-state index contributed by atoms with van der Waals surface area (Å²) in [5, 5.41) is 0.998. The van der Waals surface area contributed by atoms with E-state index in [9.17, 15) is 9.59 Å². The predicted octanol–water partition coefficient (Wildman–Crippen LogP) is 3.59. The summed E-state index contributed by atoms with van der Waals surface area (Å²) >= 11 is 3.46. The summed E-state index contributed by atoms with van der Waals surface area (Å²) < 4.78 is 0.980. The van der Waals surface area contributed by atoms with Crippen molar-refractivity contribution in [3.8, 4) is 0 Å². The smallest absolute Gasteiger partial charge is 0.270 e. The van der Waals surface area contributed by atoms with Crippen molar-refractivity contribution < 1.29 is 9.59 Å². The molecule has 0 radical (unpaired) electrons. The number of amides is 2. The van der Waals surface area contributed by atoms with E-state index in [2.05, 4.69) is 20.9 Å². The molecular weight excluding hydrogens is 432 g/mol. The van der Waals surface area contributed by atoms with Crippen molar-refractivity contribution in [3.63, 3.8) is 0 Å². The molecule has 3 aromatic rings. The summed E-state index contributed by atoms with van der Waals surface area (Å²) in [6.07, 6.45) is 0. The topological polar surface area (TPSA) is 59.7 Å². The number of piperazine rings is 1. The zero-order chi connectivity index (χ0) is 20.5. The van der Waals surface area contributed by atoms with Crippen LogP contribution in [0.4, 0.5) is 5.69 Å². The molecule has 150 valence electrons. The van der Waals surface area contributed by atoms with Gasteiger partial charge in [0.25, 0.3) is 11.8 Å². The number of nitrogens with zero attached hydrogens (tertiary/aromatic N) is 3. The first-order valence-electron chi connectivity index (χ1n) is 9.56. The first-order valence-corrected chi connectivity index (χ1v) is 10.4. The largest absolute Gasteiger partial charge is 0.378 e. The highest BCUT2D eigenvalue weighted by Gasteiger charge is 2.26. The predicted molar refractivity (Wildman–Crippen MR) is 119 cm³/mol. The molecule has 1 saturated heterocycles. The van der Waals surface area contributed by atoms with Gasteiger partial charge in [0.05, 0.1) is 0 Å². The maximum absolute atomic E-state index is 12.9. The molecule has 0 atom stereocenters. The molecule has 1 aliphatic rings. The quantitative estimate of drug-likeness (QED) is 0.657. The Hall–Kier alpha value is -2.80. The average Bonchev–Trinajstić information content (AvgIpc) is 3.16. The van der Waals surface area contributed by atoms with Crippen LogP contribution in [-0.2, 0) is 0 Å². The van der Waals surface area contributed by atoms with Crippen molar-refractivity contribution >= 4 is 44.3 Å². The molecule has 0 saturated carbocycles. The molecule has 1 N–H and O–H groups in total. The van der Waals surface area contributed by atoms with Gasteiger partial charge in [-0.2, -0.15) is 0 Å². The summed E-state index contributed by atoms with van der Waals surface area (Å²) in [6.45, 7) is 2.11. The summed E-state index contributed by atoms with van der Waals surface area (Å²) in [5.74, 6) is -0.0183. The van der Waals surface area contributed by atoms with Crippen LogP contribution in [0.15, 0.2) is 53.0 Å². The summed E-state index contributed by atoms with van der Waals surface area (Å²) in [4.78, 5) is 34.6. The minimum absolute atomic E-state index is 0.0104. The Morgan fingerprint density at radius 3 is 2.31 bits per heavy atom. The highest BCUT2D eigenvalue weighted by molar-refractivity contribution is 9.10. The molecule has 0 aliphatic carbocycles. The van der Waals surface area contributed by atoms with Crippen molar-refractivity contribution in [1.82, 2.24) is 14.8 Å². The van der Waals surface area contributed by atoms with Crippen LogP contribution in [0.3, 0.4) is 0 Å². The van der Waals surface area contributed by atoms with Crippen molar-refractivity contribution in [2.75, 3.05) is 45.2 Å². The highest BCUT2D eigenvalue weighted by atomic mass is 79.9. The second-order valence-corrected chi connectivity index (χ2v) is 8.36. The van der Waals surface area contributed by atoms with E-state index >= 15 is 0 Å². The number of fused-ring (bicyclic) bond motifs is 1. The van der Waals surface area contributed by atoms with E-state index in [1.807, 2.05) is 72.4 Å². The van der Waals surface area contributed by atoms with Crippen LogP contribution in [0.1, 0.15) is 20.8 Å². The molecule has 4 rings (SSSR count). The molecule has 6 nitrogen and oxygen atoms in total. The molecule has 1 fully saturated rings. The van der Waals surface area contributed by atoms with Crippen LogP contribution in [0, 0.1) is 0 Å². The van der Waals surface area contributed by atoms with Gasteiger partial charge in [0.2, 0.25) is 0 Å². The average molecular weight is 455 g/mol. The standard InChI is InChI=1S/C22H23BrN4O2/c1-25(2)18-5-3-4-15(13-18)21(28)26-8-10-27(11-9-26)22(29)20-14-16-12-17(23)6-7-19(16)24-20/h3-7,12-14,24H,8-11H2,1-2H3. The zero-order valence-electron chi connectivity index (χ0n) is 16.5. The minimum Gasteiger partial charge on any atom is -0.378 e. The first kappa shape index (κ1) is 19.5. The molecule has 2 heterocycles. The third kappa shape index (κ3) is 4.00. The monoisotopic (exact) mass is 454 g/mol. The van der Waals surface area contributed by atoms with E-state index in [-0.39, 0.29) is 11.8 Å². The van der Waals surface area contributed by atoms with Crippen molar-refractivity contribution in [1.29, 1.82) is 0 Å². The molecule has 29 heavy (non-hydrogen) atoms. The number of aromatic nitrogens is 1. The van der Waals surface area contributed by atoms with Gasteiger partial charge >= 0.3 is 0 Å². The molecule has 0 unspecified atom stereocenters. The number of carbonyl (C=O) groups is 2.